The average molecular weight is 376 g/mol. The van der Waals surface area contributed by atoms with Crippen molar-refractivity contribution in [3.8, 4) is 0 Å². The number of alkyl halides is 1. The van der Waals surface area contributed by atoms with E-state index in [2.05, 4.69) is 25.5 Å². The minimum absolute atomic E-state index is 0.203. The summed E-state index contributed by atoms with van der Waals surface area (Å²) in [7, 11) is 0. The summed E-state index contributed by atoms with van der Waals surface area (Å²) < 4.78 is 22.1. The van der Waals surface area contributed by atoms with Gasteiger partial charge in [-0.1, -0.05) is 0 Å². The molecule has 6 heteroatoms. The molecular weight excluding hydrogens is 359 g/mol. The Kier molecular flexibility index (Phi) is 4.82. The van der Waals surface area contributed by atoms with Gasteiger partial charge in [-0.2, -0.15) is 0 Å². The molecular formula is C15H17BrClFN2O. The maximum absolute atomic E-state index is 13.7. The maximum Gasteiger partial charge on any atom is 0.139 e. The zero-order valence-electron chi connectivity index (χ0n) is 11.6. The van der Waals surface area contributed by atoms with E-state index < -0.39 is 0 Å². The maximum atomic E-state index is 13.7. The number of nitrogens with zero attached hydrogens (tertiary/aromatic N) is 2. The van der Waals surface area contributed by atoms with Crippen molar-refractivity contribution in [2.75, 3.05) is 12.5 Å². The second-order valence-corrected chi connectivity index (χ2v) is 6.55. The molecule has 1 unspecified atom stereocenters. The number of benzene rings is 1. The number of halogens is 3. The fourth-order valence-corrected chi connectivity index (χ4v) is 3.30. The largest absolute Gasteiger partial charge is 0.376 e. The molecule has 0 N–H and O–H groups in total. The van der Waals surface area contributed by atoms with Gasteiger partial charge < -0.3 is 9.30 Å². The summed E-state index contributed by atoms with van der Waals surface area (Å²) in [5, 5.41) is 0. The Balaban J connectivity index is 2.00. The summed E-state index contributed by atoms with van der Waals surface area (Å²) in [4.78, 5) is 4.53. The number of rotatable bonds is 4. The van der Waals surface area contributed by atoms with E-state index in [9.17, 15) is 4.39 Å². The Morgan fingerprint density at radius 2 is 2.29 bits per heavy atom. The van der Waals surface area contributed by atoms with Crippen molar-refractivity contribution in [2.45, 2.75) is 38.3 Å². The molecule has 0 saturated carbocycles. The minimum Gasteiger partial charge on any atom is -0.376 e. The van der Waals surface area contributed by atoms with Crippen LogP contribution in [0.3, 0.4) is 0 Å². The van der Waals surface area contributed by atoms with E-state index in [4.69, 9.17) is 16.3 Å². The number of hydrogen-bond donors (Lipinski definition) is 0. The van der Waals surface area contributed by atoms with Gasteiger partial charge in [0.15, 0.2) is 0 Å². The highest BCUT2D eigenvalue weighted by atomic mass is 79.9. The highest BCUT2D eigenvalue weighted by molar-refractivity contribution is 9.10. The van der Waals surface area contributed by atoms with Crippen LogP contribution in [0, 0.1) is 5.82 Å². The van der Waals surface area contributed by atoms with Crippen molar-refractivity contribution in [1.29, 1.82) is 0 Å². The second kappa shape index (κ2) is 6.63. The average Bonchev–Trinajstić information content (AvgIpc) is 2.79. The topological polar surface area (TPSA) is 27.1 Å². The molecule has 114 valence electrons. The summed E-state index contributed by atoms with van der Waals surface area (Å²) >= 11 is 9.12. The van der Waals surface area contributed by atoms with Gasteiger partial charge in [0.25, 0.3) is 0 Å². The molecule has 1 aliphatic heterocycles. The van der Waals surface area contributed by atoms with E-state index in [1.54, 1.807) is 6.07 Å². The number of imidazole rings is 1. The van der Waals surface area contributed by atoms with Gasteiger partial charge in [0.2, 0.25) is 0 Å². The smallest absolute Gasteiger partial charge is 0.139 e. The molecule has 0 spiro atoms. The Labute approximate surface area is 136 Å². The zero-order valence-corrected chi connectivity index (χ0v) is 14.0. The van der Waals surface area contributed by atoms with E-state index in [0.29, 0.717) is 22.3 Å². The first-order chi connectivity index (χ1) is 10.2. The highest BCUT2D eigenvalue weighted by Gasteiger charge is 2.19. The Morgan fingerprint density at radius 1 is 1.43 bits per heavy atom. The summed E-state index contributed by atoms with van der Waals surface area (Å²) in [5.41, 5.74) is 1.60. The Morgan fingerprint density at radius 3 is 3.00 bits per heavy atom. The van der Waals surface area contributed by atoms with Crippen molar-refractivity contribution in [3.05, 3.63) is 28.2 Å². The Hall–Kier alpha value is -0.650. The van der Waals surface area contributed by atoms with Crippen LogP contribution in [0.1, 0.15) is 25.1 Å². The zero-order chi connectivity index (χ0) is 14.8. The summed E-state index contributed by atoms with van der Waals surface area (Å²) in [6.07, 6.45) is 4.26. The lowest BCUT2D eigenvalue weighted by atomic mass is 10.1. The molecule has 1 atom stereocenters. The first-order valence-electron chi connectivity index (χ1n) is 7.21. The second-order valence-electron chi connectivity index (χ2n) is 5.32. The van der Waals surface area contributed by atoms with E-state index in [0.717, 1.165) is 37.3 Å². The van der Waals surface area contributed by atoms with Crippen LogP contribution in [0.5, 0.6) is 0 Å². The fourth-order valence-electron chi connectivity index (χ4n) is 2.80. The lowest BCUT2D eigenvalue weighted by molar-refractivity contribution is 0.00621. The van der Waals surface area contributed by atoms with Crippen molar-refractivity contribution in [3.63, 3.8) is 0 Å². The number of fused-ring (bicyclic) bond motifs is 1. The van der Waals surface area contributed by atoms with Crippen LogP contribution in [-0.4, -0.2) is 28.1 Å². The molecule has 0 bridgehead atoms. The van der Waals surface area contributed by atoms with E-state index in [-0.39, 0.29) is 11.9 Å². The SMILES string of the molecule is Fc1cc2nc(CCCl)n(CC3CCCCO3)c2cc1Br. The number of aromatic nitrogens is 2. The predicted octanol–water partition coefficient (Wildman–Crippen LogP) is 4.29. The molecule has 1 aromatic heterocycles. The molecule has 2 aromatic rings. The molecule has 0 aliphatic carbocycles. The quantitative estimate of drug-likeness (QED) is 0.746. The van der Waals surface area contributed by atoms with Crippen molar-refractivity contribution in [2.24, 2.45) is 0 Å². The van der Waals surface area contributed by atoms with Crippen molar-refractivity contribution >= 4 is 38.6 Å². The van der Waals surface area contributed by atoms with Gasteiger partial charge in [0.05, 0.1) is 28.2 Å². The van der Waals surface area contributed by atoms with Gasteiger partial charge in [0.1, 0.15) is 11.6 Å². The van der Waals surface area contributed by atoms with Crippen LogP contribution in [-0.2, 0) is 17.7 Å². The molecule has 2 heterocycles. The summed E-state index contributed by atoms with van der Waals surface area (Å²) in [5.74, 6) is 1.10. The third-order valence-electron chi connectivity index (χ3n) is 3.85. The number of aryl methyl sites for hydroxylation is 1. The van der Waals surface area contributed by atoms with Gasteiger partial charge in [-0.15, -0.1) is 11.6 Å². The molecule has 21 heavy (non-hydrogen) atoms. The van der Waals surface area contributed by atoms with Gasteiger partial charge in [-0.3, -0.25) is 0 Å². The highest BCUT2D eigenvalue weighted by Crippen LogP contribution is 2.26. The van der Waals surface area contributed by atoms with E-state index in [1.165, 1.54) is 12.5 Å². The van der Waals surface area contributed by atoms with Crippen molar-refractivity contribution < 1.29 is 9.13 Å². The Bertz CT molecular complexity index is 640. The standard InChI is InChI=1S/C15H17BrClFN2O/c16-11-7-14-13(8-12(11)18)19-15(4-5-17)20(14)9-10-3-1-2-6-21-10/h7-8,10H,1-6,9H2. The first-order valence-corrected chi connectivity index (χ1v) is 8.53. The molecule has 3 nitrogen and oxygen atoms in total. The molecule has 0 radical (unpaired) electrons. The van der Waals surface area contributed by atoms with E-state index in [1.807, 2.05) is 0 Å². The van der Waals surface area contributed by atoms with Crippen LogP contribution in [0.2, 0.25) is 0 Å². The lowest BCUT2D eigenvalue weighted by Crippen LogP contribution is -2.25. The van der Waals surface area contributed by atoms with Crippen LogP contribution in [0.15, 0.2) is 16.6 Å². The minimum atomic E-state index is -0.293. The van der Waals surface area contributed by atoms with Gasteiger partial charge >= 0.3 is 0 Å². The van der Waals surface area contributed by atoms with Gasteiger partial charge in [0, 0.05) is 25.0 Å². The molecule has 1 aromatic carbocycles. The van der Waals surface area contributed by atoms with E-state index >= 15 is 0 Å². The van der Waals surface area contributed by atoms with Gasteiger partial charge in [-0.25, -0.2) is 9.37 Å². The summed E-state index contributed by atoms with van der Waals surface area (Å²) in [6, 6.07) is 3.26. The normalized spacial score (nSPS) is 19.3. The van der Waals surface area contributed by atoms with Crippen LogP contribution >= 0.6 is 27.5 Å². The monoisotopic (exact) mass is 374 g/mol. The first kappa shape index (κ1) is 15.3. The predicted molar refractivity (Wildman–Crippen MR) is 85.4 cm³/mol. The molecule has 0 amide bonds. The van der Waals surface area contributed by atoms with Crippen molar-refractivity contribution in [1.82, 2.24) is 9.55 Å². The molecule has 3 rings (SSSR count). The fraction of sp³-hybridized carbons (Fsp3) is 0.533. The van der Waals surface area contributed by atoms with Gasteiger partial charge in [-0.05, 0) is 41.3 Å². The molecule has 1 aliphatic rings. The number of hydrogen-bond acceptors (Lipinski definition) is 2. The van der Waals surface area contributed by atoms with Crippen LogP contribution in [0.25, 0.3) is 11.0 Å². The lowest BCUT2D eigenvalue weighted by Gasteiger charge is -2.24. The third kappa shape index (κ3) is 3.25. The van der Waals surface area contributed by atoms with Crippen LogP contribution < -0.4 is 0 Å². The third-order valence-corrected chi connectivity index (χ3v) is 4.64. The number of ether oxygens (including phenoxy) is 1. The summed E-state index contributed by atoms with van der Waals surface area (Å²) in [6.45, 7) is 1.57. The molecule has 1 fully saturated rings. The van der Waals surface area contributed by atoms with Crippen LogP contribution in [0.4, 0.5) is 4.39 Å². The molecule has 1 saturated heterocycles.